The maximum Gasteiger partial charge on any atom is 0.0438 e. The molecule has 1 atom stereocenters. The fourth-order valence-corrected chi connectivity index (χ4v) is 3.79. The van der Waals surface area contributed by atoms with Crippen molar-refractivity contribution in [1.29, 1.82) is 0 Å². The number of thiophene rings is 1. The molecule has 18 heavy (non-hydrogen) atoms. The molecule has 1 heterocycles. The number of benzene rings is 1. The van der Waals surface area contributed by atoms with Crippen LogP contribution in [-0.2, 0) is 12.8 Å². The first-order chi connectivity index (χ1) is 8.70. The van der Waals surface area contributed by atoms with E-state index in [0.717, 1.165) is 17.9 Å². The molecule has 96 valence electrons. The predicted octanol–water partition coefficient (Wildman–Crippen LogP) is 4.52. The van der Waals surface area contributed by atoms with E-state index in [1.807, 2.05) is 18.2 Å². The molecule has 0 fully saturated rings. The van der Waals surface area contributed by atoms with Gasteiger partial charge in [0.1, 0.15) is 0 Å². The molecule has 0 radical (unpaired) electrons. The van der Waals surface area contributed by atoms with Gasteiger partial charge in [0.25, 0.3) is 0 Å². The molecule has 1 unspecified atom stereocenters. The van der Waals surface area contributed by atoms with Gasteiger partial charge in [0.2, 0.25) is 0 Å². The molecular weight excluding hydrogens is 330 g/mol. The van der Waals surface area contributed by atoms with Crippen LogP contribution in [0, 0.1) is 5.92 Å². The average Bonchev–Trinajstić information content (AvgIpc) is 2.77. The second kappa shape index (κ2) is 6.71. The van der Waals surface area contributed by atoms with Crippen molar-refractivity contribution in [3.05, 3.63) is 55.6 Å². The first-order valence-electron chi connectivity index (χ1n) is 5.86. The number of hydrogen-bond donors (Lipinski definition) is 1. The maximum absolute atomic E-state index is 6.19. The molecule has 1 nitrogen and oxygen atoms in total. The van der Waals surface area contributed by atoms with Crippen LogP contribution in [0.1, 0.15) is 10.4 Å². The van der Waals surface area contributed by atoms with E-state index in [4.69, 9.17) is 17.3 Å². The lowest BCUT2D eigenvalue weighted by atomic mass is 9.95. The van der Waals surface area contributed by atoms with Gasteiger partial charge in [0, 0.05) is 14.4 Å². The van der Waals surface area contributed by atoms with Gasteiger partial charge in [-0.05, 0) is 64.3 Å². The largest absolute Gasteiger partial charge is 0.330 e. The quantitative estimate of drug-likeness (QED) is 0.847. The van der Waals surface area contributed by atoms with Gasteiger partial charge in [-0.25, -0.2) is 0 Å². The third kappa shape index (κ3) is 3.58. The van der Waals surface area contributed by atoms with Crippen molar-refractivity contribution in [2.24, 2.45) is 11.7 Å². The molecule has 0 bridgehead atoms. The lowest BCUT2D eigenvalue weighted by molar-refractivity contribution is 0.537. The number of halogens is 2. The van der Waals surface area contributed by atoms with Gasteiger partial charge in [0.05, 0.1) is 0 Å². The van der Waals surface area contributed by atoms with Crippen LogP contribution in [0.3, 0.4) is 0 Å². The van der Waals surface area contributed by atoms with Crippen LogP contribution >= 0.6 is 38.9 Å². The first kappa shape index (κ1) is 14.1. The van der Waals surface area contributed by atoms with Gasteiger partial charge in [-0.2, -0.15) is 0 Å². The van der Waals surface area contributed by atoms with Crippen LogP contribution in [0.15, 0.2) is 40.2 Å². The summed E-state index contributed by atoms with van der Waals surface area (Å²) in [7, 11) is 0. The summed E-state index contributed by atoms with van der Waals surface area (Å²) >= 11 is 11.5. The summed E-state index contributed by atoms with van der Waals surface area (Å²) in [6.07, 6.45) is 1.93. The Morgan fingerprint density at radius 1 is 1.22 bits per heavy atom. The number of nitrogens with two attached hydrogens (primary N) is 1. The summed E-state index contributed by atoms with van der Waals surface area (Å²) in [5, 5.41) is 2.93. The maximum atomic E-state index is 6.19. The van der Waals surface area contributed by atoms with Crippen molar-refractivity contribution in [3.8, 4) is 0 Å². The molecule has 0 saturated heterocycles. The molecule has 0 saturated carbocycles. The third-order valence-corrected chi connectivity index (χ3v) is 5.28. The van der Waals surface area contributed by atoms with Crippen molar-refractivity contribution in [2.45, 2.75) is 12.8 Å². The smallest absolute Gasteiger partial charge is 0.0438 e. The van der Waals surface area contributed by atoms with Crippen LogP contribution in [-0.4, -0.2) is 6.54 Å². The minimum atomic E-state index is 0.430. The Morgan fingerprint density at radius 2 is 2.00 bits per heavy atom. The number of rotatable bonds is 5. The molecule has 2 aromatic rings. The molecule has 0 aliphatic rings. The lowest BCUT2D eigenvalue weighted by Gasteiger charge is -2.15. The second-order valence-corrected chi connectivity index (χ2v) is 6.56. The van der Waals surface area contributed by atoms with Crippen molar-refractivity contribution in [3.63, 3.8) is 0 Å². The molecule has 4 heteroatoms. The zero-order valence-corrected chi connectivity index (χ0v) is 13.1. The fraction of sp³-hybridized carbons (Fsp3) is 0.286. The van der Waals surface area contributed by atoms with Gasteiger partial charge in [0.15, 0.2) is 0 Å². The number of hydrogen-bond acceptors (Lipinski definition) is 2. The highest BCUT2D eigenvalue weighted by Crippen LogP contribution is 2.27. The normalized spacial score (nSPS) is 12.6. The summed E-state index contributed by atoms with van der Waals surface area (Å²) in [5.74, 6) is 0.430. The molecule has 0 aliphatic heterocycles. The fourth-order valence-electron chi connectivity index (χ4n) is 1.95. The van der Waals surface area contributed by atoms with Crippen LogP contribution in [0.4, 0.5) is 0 Å². The van der Waals surface area contributed by atoms with E-state index in [9.17, 15) is 0 Å². The summed E-state index contributed by atoms with van der Waals surface area (Å²) in [4.78, 5) is 1.36. The molecule has 2 N–H and O–H groups in total. The Morgan fingerprint density at radius 3 is 2.61 bits per heavy atom. The van der Waals surface area contributed by atoms with Gasteiger partial charge >= 0.3 is 0 Å². The highest BCUT2D eigenvalue weighted by Gasteiger charge is 2.13. The Balaban J connectivity index is 2.06. The summed E-state index contributed by atoms with van der Waals surface area (Å²) in [6.45, 7) is 0.676. The van der Waals surface area contributed by atoms with Gasteiger partial charge in [-0.3, -0.25) is 0 Å². The zero-order chi connectivity index (χ0) is 13.0. The SMILES string of the molecule is NCC(Cc1ccccc1Cl)Cc1sccc1Br. The van der Waals surface area contributed by atoms with Crippen LogP contribution in [0.2, 0.25) is 5.02 Å². The standard InChI is InChI=1S/C14H15BrClNS/c15-12-5-6-18-14(12)8-10(9-17)7-11-3-1-2-4-13(11)16/h1-6,10H,7-9,17H2. The Labute approximate surface area is 125 Å². The van der Waals surface area contributed by atoms with Gasteiger partial charge < -0.3 is 5.73 Å². The van der Waals surface area contributed by atoms with E-state index in [0.29, 0.717) is 12.5 Å². The molecule has 1 aromatic heterocycles. The molecular formula is C14H15BrClNS. The molecule has 2 rings (SSSR count). The molecule has 0 spiro atoms. The van der Waals surface area contributed by atoms with Crippen molar-refractivity contribution in [1.82, 2.24) is 0 Å². The average molecular weight is 345 g/mol. The van der Waals surface area contributed by atoms with E-state index in [-0.39, 0.29) is 0 Å². The van der Waals surface area contributed by atoms with E-state index >= 15 is 0 Å². The van der Waals surface area contributed by atoms with E-state index < -0.39 is 0 Å². The minimum absolute atomic E-state index is 0.430. The van der Waals surface area contributed by atoms with Crippen LogP contribution in [0.25, 0.3) is 0 Å². The van der Waals surface area contributed by atoms with E-state index in [1.54, 1.807) is 11.3 Å². The van der Waals surface area contributed by atoms with Gasteiger partial charge in [-0.15, -0.1) is 11.3 Å². The Hall–Kier alpha value is -0.350. The first-order valence-corrected chi connectivity index (χ1v) is 7.91. The van der Waals surface area contributed by atoms with Crippen molar-refractivity contribution >= 4 is 38.9 Å². The van der Waals surface area contributed by atoms with Crippen molar-refractivity contribution in [2.75, 3.05) is 6.54 Å². The van der Waals surface area contributed by atoms with E-state index in [2.05, 4.69) is 33.4 Å². The Bertz CT molecular complexity index is 512. The highest BCUT2D eigenvalue weighted by molar-refractivity contribution is 9.10. The summed E-state index contributed by atoms with van der Waals surface area (Å²) < 4.78 is 1.19. The van der Waals surface area contributed by atoms with Gasteiger partial charge in [-0.1, -0.05) is 29.8 Å². The summed E-state index contributed by atoms with van der Waals surface area (Å²) in [6, 6.07) is 10.1. The molecule has 0 aliphatic carbocycles. The van der Waals surface area contributed by atoms with Crippen LogP contribution < -0.4 is 5.73 Å². The minimum Gasteiger partial charge on any atom is -0.330 e. The molecule has 0 amide bonds. The third-order valence-electron chi connectivity index (χ3n) is 2.96. The second-order valence-electron chi connectivity index (χ2n) is 4.29. The lowest BCUT2D eigenvalue weighted by Crippen LogP contribution is -2.19. The zero-order valence-electron chi connectivity index (χ0n) is 9.90. The Kier molecular flexibility index (Phi) is 5.25. The van der Waals surface area contributed by atoms with E-state index in [1.165, 1.54) is 14.9 Å². The topological polar surface area (TPSA) is 26.0 Å². The predicted molar refractivity (Wildman–Crippen MR) is 83.4 cm³/mol. The van der Waals surface area contributed by atoms with Crippen LogP contribution in [0.5, 0.6) is 0 Å². The van der Waals surface area contributed by atoms with Crippen molar-refractivity contribution < 1.29 is 0 Å². The molecule has 1 aromatic carbocycles. The highest BCUT2D eigenvalue weighted by atomic mass is 79.9. The monoisotopic (exact) mass is 343 g/mol. The summed E-state index contributed by atoms with van der Waals surface area (Å²) in [5.41, 5.74) is 7.07.